The highest BCUT2D eigenvalue weighted by Gasteiger charge is 2.28. The third-order valence-corrected chi connectivity index (χ3v) is 3.92. The molecule has 3 rings (SSSR count). The first-order valence-electron chi connectivity index (χ1n) is 7.36. The SMILES string of the molecule is CN=C(NC1CC1)NC1CCN(c2c(F)cccc2F)C1. The Kier molecular flexibility index (Phi) is 3.94. The average Bonchev–Trinajstić information content (AvgIpc) is 3.16. The van der Waals surface area contributed by atoms with E-state index in [9.17, 15) is 8.78 Å². The van der Waals surface area contributed by atoms with Crippen LogP contribution in [-0.4, -0.2) is 38.2 Å². The molecule has 1 heterocycles. The van der Waals surface area contributed by atoms with Crippen molar-refractivity contribution in [1.82, 2.24) is 10.6 Å². The molecule has 1 aliphatic carbocycles. The minimum Gasteiger partial charge on any atom is -0.365 e. The van der Waals surface area contributed by atoms with E-state index in [0.717, 1.165) is 12.4 Å². The average molecular weight is 294 g/mol. The minimum atomic E-state index is -0.504. The monoisotopic (exact) mass is 294 g/mol. The van der Waals surface area contributed by atoms with Crippen molar-refractivity contribution < 1.29 is 8.78 Å². The van der Waals surface area contributed by atoms with Gasteiger partial charge in [0.25, 0.3) is 0 Å². The molecule has 1 unspecified atom stereocenters. The molecule has 1 saturated heterocycles. The molecule has 1 aliphatic heterocycles. The van der Waals surface area contributed by atoms with Gasteiger partial charge in [-0.15, -0.1) is 0 Å². The molecule has 114 valence electrons. The molecule has 1 aromatic rings. The van der Waals surface area contributed by atoms with Gasteiger partial charge < -0.3 is 15.5 Å². The maximum Gasteiger partial charge on any atom is 0.191 e. The fourth-order valence-electron chi connectivity index (χ4n) is 2.66. The number of hydrogen-bond donors (Lipinski definition) is 2. The second kappa shape index (κ2) is 5.87. The van der Waals surface area contributed by atoms with Crippen molar-refractivity contribution in [3.8, 4) is 0 Å². The van der Waals surface area contributed by atoms with E-state index in [2.05, 4.69) is 15.6 Å². The Morgan fingerprint density at radius 2 is 1.81 bits per heavy atom. The van der Waals surface area contributed by atoms with Gasteiger partial charge in [0, 0.05) is 32.2 Å². The van der Waals surface area contributed by atoms with Crippen molar-refractivity contribution in [3.05, 3.63) is 29.8 Å². The molecule has 1 aromatic carbocycles. The fraction of sp³-hybridized carbons (Fsp3) is 0.533. The van der Waals surface area contributed by atoms with Crippen LogP contribution in [0.4, 0.5) is 14.5 Å². The molecule has 0 aromatic heterocycles. The predicted molar refractivity (Wildman–Crippen MR) is 79.6 cm³/mol. The second-order valence-electron chi connectivity index (χ2n) is 5.64. The van der Waals surface area contributed by atoms with Crippen LogP contribution in [0, 0.1) is 11.6 Å². The third kappa shape index (κ3) is 3.25. The summed E-state index contributed by atoms with van der Waals surface area (Å²) in [6.45, 7) is 1.21. The van der Waals surface area contributed by atoms with E-state index >= 15 is 0 Å². The van der Waals surface area contributed by atoms with E-state index in [-0.39, 0.29) is 11.7 Å². The normalized spacial score (nSPS) is 22.5. The number of nitrogens with zero attached hydrogens (tertiary/aromatic N) is 2. The van der Waals surface area contributed by atoms with Crippen molar-refractivity contribution in [3.63, 3.8) is 0 Å². The van der Waals surface area contributed by atoms with Crippen molar-refractivity contribution in [2.24, 2.45) is 4.99 Å². The Bertz CT molecular complexity index is 522. The predicted octanol–water partition coefficient (Wildman–Crippen LogP) is 1.87. The number of halogens is 2. The molecule has 2 fully saturated rings. The lowest BCUT2D eigenvalue weighted by Crippen LogP contribution is -2.45. The smallest absolute Gasteiger partial charge is 0.191 e. The van der Waals surface area contributed by atoms with Crippen LogP contribution in [0.15, 0.2) is 23.2 Å². The quantitative estimate of drug-likeness (QED) is 0.660. The van der Waals surface area contributed by atoms with Gasteiger partial charge in [0.2, 0.25) is 0 Å². The summed E-state index contributed by atoms with van der Waals surface area (Å²) in [7, 11) is 1.74. The second-order valence-corrected chi connectivity index (χ2v) is 5.64. The molecule has 1 saturated carbocycles. The first-order valence-corrected chi connectivity index (χ1v) is 7.36. The van der Waals surface area contributed by atoms with Crippen LogP contribution in [-0.2, 0) is 0 Å². The van der Waals surface area contributed by atoms with E-state index in [1.165, 1.54) is 31.0 Å². The van der Waals surface area contributed by atoms with E-state index < -0.39 is 11.6 Å². The Balaban J connectivity index is 1.62. The van der Waals surface area contributed by atoms with Crippen LogP contribution in [0.2, 0.25) is 0 Å². The molecule has 0 bridgehead atoms. The summed E-state index contributed by atoms with van der Waals surface area (Å²) in [6, 6.07) is 4.66. The number of hydrogen-bond acceptors (Lipinski definition) is 2. The highest BCUT2D eigenvalue weighted by Crippen LogP contribution is 2.26. The lowest BCUT2D eigenvalue weighted by molar-refractivity contribution is 0.576. The van der Waals surface area contributed by atoms with Crippen LogP contribution < -0.4 is 15.5 Å². The van der Waals surface area contributed by atoms with Crippen LogP contribution in [0.5, 0.6) is 0 Å². The Hall–Kier alpha value is -1.85. The number of nitrogens with one attached hydrogen (secondary N) is 2. The molecule has 2 aliphatic rings. The van der Waals surface area contributed by atoms with Gasteiger partial charge in [-0.1, -0.05) is 6.07 Å². The van der Waals surface area contributed by atoms with E-state index in [1.807, 2.05) is 0 Å². The number of aliphatic imine (C=N–C) groups is 1. The van der Waals surface area contributed by atoms with Crippen LogP contribution in [0.25, 0.3) is 0 Å². The van der Waals surface area contributed by atoms with Crippen molar-refractivity contribution in [1.29, 1.82) is 0 Å². The largest absolute Gasteiger partial charge is 0.365 e. The summed E-state index contributed by atoms with van der Waals surface area (Å²) in [5, 5.41) is 6.65. The zero-order valence-electron chi connectivity index (χ0n) is 12.1. The number of rotatable bonds is 3. The third-order valence-electron chi connectivity index (χ3n) is 3.92. The molecule has 21 heavy (non-hydrogen) atoms. The van der Waals surface area contributed by atoms with Gasteiger partial charge in [-0.3, -0.25) is 4.99 Å². The van der Waals surface area contributed by atoms with Crippen LogP contribution in [0.1, 0.15) is 19.3 Å². The Morgan fingerprint density at radius 1 is 1.14 bits per heavy atom. The van der Waals surface area contributed by atoms with E-state index in [1.54, 1.807) is 11.9 Å². The number of guanidine groups is 1. The van der Waals surface area contributed by atoms with Gasteiger partial charge in [0.15, 0.2) is 5.96 Å². The topological polar surface area (TPSA) is 39.7 Å². The number of anilines is 1. The zero-order valence-corrected chi connectivity index (χ0v) is 12.1. The lowest BCUT2D eigenvalue weighted by Gasteiger charge is -2.21. The van der Waals surface area contributed by atoms with Crippen molar-refractivity contribution in [2.75, 3.05) is 25.0 Å². The van der Waals surface area contributed by atoms with Crippen LogP contribution >= 0.6 is 0 Å². The summed E-state index contributed by atoms with van der Waals surface area (Å²) in [5.41, 5.74) is 0.0759. The maximum absolute atomic E-state index is 13.8. The number of para-hydroxylation sites is 1. The van der Waals surface area contributed by atoms with E-state index in [0.29, 0.717) is 19.1 Å². The highest BCUT2D eigenvalue weighted by molar-refractivity contribution is 5.80. The molecule has 0 amide bonds. The summed E-state index contributed by atoms with van der Waals surface area (Å²) in [5.74, 6) is -0.231. The molecule has 0 radical (unpaired) electrons. The Labute approximate surface area is 123 Å². The van der Waals surface area contributed by atoms with Gasteiger partial charge in [-0.25, -0.2) is 8.78 Å². The standard InChI is InChI=1S/C15H20F2N4/c1-18-15(19-10-5-6-10)20-11-7-8-21(9-11)14-12(16)3-2-4-13(14)17/h2-4,10-11H,5-9H2,1H3,(H2,18,19,20). The fourth-order valence-corrected chi connectivity index (χ4v) is 2.66. The van der Waals surface area contributed by atoms with Gasteiger partial charge in [-0.05, 0) is 31.4 Å². The minimum absolute atomic E-state index is 0.0759. The van der Waals surface area contributed by atoms with E-state index in [4.69, 9.17) is 0 Å². The first kappa shape index (κ1) is 14.1. The lowest BCUT2D eigenvalue weighted by atomic mass is 10.2. The van der Waals surface area contributed by atoms with Crippen molar-refractivity contribution in [2.45, 2.75) is 31.3 Å². The molecule has 2 N–H and O–H groups in total. The van der Waals surface area contributed by atoms with Crippen molar-refractivity contribution >= 4 is 11.6 Å². The van der Waals surface area contributed by atoms with Crippen LogP contribution in [0.3, 0.4) is 0 Å². The summed E-state index contributed by atoms with van der Waals surface area (Å²) >= 11 is 0. The van der Waals surface area contributed by atoms with Gasteiger partial charge in [-0.2, -0.15) is 0 Å². The molecule has 0 spiro atoms. The molecule has 6 heteroatoms. The molecular weight excluding hydrogens is 274 g/mol. The first-order chi connectivity index (χ1) is 10.2. The highest BCUT2D eigenvalue weighted by atomic mass is 19.1. The maximum atomic E-state index is 13.8. The van der Waals surface area contributed by atoms with Gasteiger partial charge in [0.05, 0.1) is 0 Å². The van der Waals surface area contributed by atoms with Gasteiger partial charge >= 0.3 is 0 Å². The molecule has 1 atom stereocenters. The molecule has 4 nitrogen and oxygen atoms in total. The number of benzene rings is 1. The Morgan fingerprint density at radius 3 is 2.43 bits per heavy atom. The zero-order chi connectivity index (χ0) is 14.8. The molecular formula is C15H20F2N4. The summed E-state index contributed by atoms with van der Waals surface area (Å²) in [4.78, 5) is 5.95. The summed E-state index contributed by atoms with van der Waals surface area (Å²) in [6.07, 6.45) is 3.19. The van der Waals surface area contributed by atoms with Gasteiger partial charge in [0.1, 0.15) is 17.3 Å². The summed E-state index contributed by atoms with van der Waals surface area (Å²) < 4.78 is 27.6.